The highest BCUT2D eigenvalue weighted by Gasteiger charge is 2.26. The summed E-state index contributed by atoms with van der Waals surface area (Å²) < 4.78 is 13.6. The Bertz CT molecular complexity index is 779. The quantitative estimate of drug-likeness (QED) is 0.830. The molecule has 23 heavy (non-hydrogen) atoms. The van der Waals surface area contributed by atoms with Crippen LogP contribution in [0.15, 0.2) is 42.5 Å². The Hall–Kier alpha value is -2.40. The molecule has 0 bridgehead atoms. The summed E-state index contributed by atoms with van der Waals surface area (Å²) in [6.45, 7) is 0. The lowest BCUT2D eigenvalue weighted by Crippen LogP contribution is -2.37. The lowest BCUT2D eigenvalue weighted by Gasteiger charge is -2.14. The van der Waals surface area contributed by atoms with Gasteiger partial charge in [0.15, 0.2) is 0 Å². The molecule has 0 heterocycles. The molecule has 0 saturated carbocycles. The van der Waals surface area contributed by atoms with Crippen LogP contribution in [0.25, 0.3) is 0 Å². The maximum atomic E-state index is 13.6. The first-order chi connectivity index (χ1) is 11.0. The molecule has 0 spiro atoms. The van der Waals surface area contributed by atoms with Crippen LogP contribution >= 0.6 is 11.6 Å². The Morgan fingerprint density at radius 2 is 1.91 bits per heavy atom. The average Bonchev–Trinajstić information content (AvgIpc) is 2.93. The van der Waals surface area contributed by atoms with Gasteiger partial charge >= 0.3 is 11.8 Å². The van der Waals surface area contributed by atoms with E-state index in [2.05, 4.69) is 10.6 Å². The maximum Gasteiger partial charge on any atom is 0.313 e. The summed E-state index contributed by atoms with van der Waals surface area (Å²) in [6, 6.07) is 11.4. The molecule has 1 aliphatic rings. The zero-order chi connectivity index (χ0) is 16.4. The fourth-order valence-electron chi connectivity index (χ4n) is 2.70. The van der Waals surface area contributed by atoms with E-state index >= 15 is 0 Å². The number of halogens is 2. The van der Waals surface area contributed by atoms with Gasteiger partial charge in [-0.15, -0.1) is 0 Å². The first-order valence-electron chi connectivity index (χ1n) is 7.19. The minimum Gasteiger partial charge on any atom is -0.341 e. The third-order valence-electron chi connectivity index (χ3n) is 3.82. The van der Waals surface area contributed by atoms with E-state index in [1.165, 1.54) is 17.7 Å². The summed E-state index contributed by atoms with van der Waals surface area (Å²) in [7, 11) is 0. The molecule has 4 nitrogen and oxygen atoms in total. The highest BCUT2D eigenvalue weighted by atomic mass is 35.5. The fraction of sp³-hybridized carbons (Fsp3) is 0.176. The van der Waals surface area contributed by atoms with E-state index in [4.69, 9.17) is 11.6 Å². The molecule has 6 heteroatoms. The van der Waals surface area contributed by atoms with Crippen LogP contribution in [0, 0.1) is 5.82 Å². The molecular weight excluding hydrogens is 319 g/mol. The number of nitrogens with one attached hydrogen (secondary N) is 2. The number of fused-ring (bicyclic) bond motifs is 1. The van der Waals surface area contributed by atoms with Crippen molar-refractivity contribution in [1.29, 1.82) is 0 Å². The number of anilines is 1. The Morgan fingerprint density at radius 3 is 2.70 bits per heavy atom. The van der Waals surface area contributed by atoms with E-state index in [1.807, 2.05) is 24.3 Å². The van der Waals surface area contributed by atoms with Crippen LogP contribution in [0.3, 0.4) is 0 Å². The van der Waals surface area contributed by atoms with Gasteiger partial charge in [0, 0.05) is 5.02 Å². The van der Waals surface area contributed by atoms with Crippen LogP contribution in [0.2, 0.25) is 5.02 Å². The van der Waals surface area contributed by atoms with Crippen molar-refractivity contribution in [2.24, 2.45) is 0 Å². The second-order valence-electron chi connectivity index (χ2n) is 5.34. The van der Waals surface area contributed by atoms with E-state index in [1.54, 1.807) is 0 Å². The van der Waals surface area contributed by atoms with E-state index < -0.39 is 17.6 Å². The summed E-state index contributed by atoms with van der Waals surface area (Å²) in [5, 5.41) is 5.15. The van der Waals surface area contributed by atoms with Crippen molar-refractivity contribution < 1.29 is 14.0 Å². The van der Waals surface area contributed by atoms with Crippen molar-refractivity contribution in [1.82, 2.24) is 5.32 Å². The molecule has 1 aliphatic carbocycles. The van der Waals surface area contributed by atoms with E-state index in [0.717, 1.165) is 24.5 Å². The summed E-state index contributed by atoms with van der Waals surface area (Å²) in [4.78, 5) is 23.9. The van der Waals surface area contributed by atoms with E-state index in [-0.39, 0.29) is 16.8 Å². The molecule has 2 aromatic rings. The summed E-state index contributed by atoms with van der Waals surface area (Å²) in [5.41, 5.74) is 2.11. The third kappa shape index (κ3) is 3.35. The largest absolute Gasteiger partial charge is 0.341 e. The number of hydrogen-bond acceptors (Lipinski definition) is 2. The summed E-state index contributed by atoms with van der Waals surface area (Å²) >= 11 is 5.65. The second kappa shape index (κ2) is 6.38. The van der Waals surface area contributed by atoms with Gasteiger partial charge < -0.3 is 10.6 Å². The van der Waals surface area contributed by atoms with Gasteiger partial charge in [-0.3, -0.25) is 9.59 Å². The lowest BCUT2D eigenvalue weighted by molar-refractivity contribution is -0.136. The molecule has 0 aliphatic heterocycles. The first kappa shape index (κ1) is 15.5. The molecule has 0 radical (unpaired) electrons. The number of benzene rings is 2. The van der Waals surface area contributed by atoms with Gasteiger partial charge in [0.1, 0.15) is 5.82 Å². The molecule has 0 aromatic heterocycles. The van der Waals surface area contributed by atoms with E-state index in [9.17, 15) is 14.0 Å². The Labute approximate surface area is 137 Å². The van der Waals surface area contributed by atoms with Gasteiger partial charge in [-0.1, -0.05) is 35.9 Å². The van der Waals surface area contributed by atoms with Crippen molar-refractivity contribution in [3.63, 3.8) is 0 Å². The number of rotatable bonds is 2. The molecule has 1 unspecified atom stereocenters. The maximum absolute atomic E-state index is 13.6. The van der Waals surface area contributed by atoms with Gasteiger partial charge in [0.05, 0.1) is 11.7 Å². The number of hydrogen-bond donors (Lipinski definition) is 2. The minimum absolute atomic E-state index is 0.0821. The SMILES string of the molecule is O=C(Nc1ccc(Cl)cc1F)C(=O)NC1CCc2ccccc21. The predicted molar refractivity (Wildman–Crippen MR) is 85.7 cm³/mol. The minimum atomic E-state index is -0.907. The van der Waals surface area contributed by atoms with Crippen LogP contribution in [0.5, 0.6) is 0 Å². The zero-order valence-electron chi connectivity index (χ0n) is 12.1. The third-order valence-corrected chi connectivity index (χ3v) is 4.06. The number of aryl methyl sites for hydroxylation is 1. The van der Waals surface area contributed by atoms with Crippen LogP contribution < -0.4 is 10.6 Å². The monoisotopic (exact) mass is 332 g/mol. The van der Waals surface area contributed by atoms with Crippen LogP contribution in [-0.4, -0.2) is 11.8 Å². The van der Waals surface area contributed by atoms with E-state index in [0.29, 0.717) is 0 Å². The van der Waals surface area contributed by atoms with Gasteiger partial charge in [-0.2, -0.15) is 0 Å². The van der Waals surface area contributed by atoms with Gasteiger partial charge in [-0.05, 0) is 42.2 Å². The smallest absolute Gasteiger partial charge is 0.313 e. The first-order valence-corrected chi connectivity index (χ1v) is 7.57. The molecule has 118 valence electrons. The van der Waals surface area contributed by atoms with Crippen molar-refractivity contribution >= 4 is 29.1 Å². The number of amides is 2. The molecular formula is C17H14ClFN2O2. The number of carbonyl (C=O) groups excluding carboxylic acids is 2. The Balaban J connectivity index is 1.66. The van der Waals surface area contributed by atoms with Crippen LogP contribution in [0.4, 0.5) is 10.1 Å². The van der Waals surface area contributed by atoms with Crippen molar-refractivity contribution in [3.8, 4) is 0 Å². The van der Waals surface area contributed by atoms with Gasteiger partial charge in [0.25, 0.3) is 0 Å². The Kier molecular flexibility index (Phi) is 4.30. The molecule has 2 N–H and O–H groups in total. The zero-order valence-corrected chi connectivity index (χ0v) is 12.9. The van der Waals surface area contributed by atoms with Crippen LogP contribution in [-0.2, 0) is 16.0 Å². The standard InChI is InChI=1S/C17H14ClFN2O2/c18-11-6-8-15(13(19)9-11)21-17(23)16(22)20-14-7-5-10-3-1-2-4-12(10)14/h1-4,6,8-9,14H,5,7H2,(H,20,22)(H,21,23). The summed E-state index contributed by atoms with van der Waals surface area (Å²) in [5.74, 6) is -2.39. The molecule has 2 aromatic carbocycles. The fourth-order valence-corrected chi connectivity index (χ4v) is 2.86. The van der Waals surface area contributed by atoms with Gasteiger partial charge in [0.2, 0.25) is 0 Å². The van der Waals surface area contributed by atoms with Crippen LogP contribution in [0.1, 0.15) is 23.6 Å². The van der Waals surface area contributed by atoms with Gasteiger partial charge in [-0.25, -0.2) is 4.39 Å². The molecule has 0 fully saturated rings. The normalized spacial score (nSPS) is 15.8. The highest BCUT2D eigenvalue weighted by Crippen LogP contribution is 2.30. The van der Waals surface area contributed by atoms with Crippen molar-refractivity contribution in [2.75, 3.05) is 5.32 Å². The average molecular weight is 333 g/mol. The summed E-state index contributed by atoms with van der Waals surface area (Å²) in [6.07, 6.45) is 1.60. The number of carbonyl (C=O) groups is 2. The second-order valence-corrected chi connectivity index (χ2v) is 5.78. The lowest BCUT2D eigenvalue weighted by atomic mass is 10.1. The topological polar surface area (TPSA) is 58.2 Å². The predicted octanol–water partition coefficient (Wildman–Crippen LogP) is 3.22. The Morgan fingerprint density at radius 1 is 1.13 bits per heavy atom. The van der Waals surface area contributed by atoms with Crippen molar-refractivity contribution in [3.05, 3.63) is 64.4 Å². The molecule has 0 saturated heterocycles. The molecule has 3 rings (SSSR count). The molecule has 1 atom stereocenters. The highest BCUT2D eigenvalue weighted by molar-refractivity contribution is 6.39. The molecule has 2 amide bonds. The van der Waals surface area contributed by atoms with Crippen molar-refractivity contribution in [2.45, 2.75) is 18.9 Å².